The summed E-state index contributed by atoms with van der Waals surface area (Å²) in [5.74, 6) is 4.69. The van der Waals surface area contributed by atoms with Gasteiger partial charge in [0.1, 0.15) is 0 Å². The molecule has 8 nitrogen and oxygen atoms in total. The maximum Gasteiger partial charge on any atom is 0.262 e. The Balaban J connectivity index is 1.17. The number of imide groups is 2. The van der Waals surface area contributed by atoms with E-state index in [2.05, 4.69) is 16.7 Å². The molecule has 1 fully saturated rings. The summed E-state index contributed by atoms with van der Waals surface area (Å²) in [4.78, 5) is 57.9. The Labute approximate surface area is 236 Å². The highest BCUT2D eigenvalue weighted by atomic mass is 16.5. The predicted octanol–water partition coefficient (Wildman–Crippen LogP) is 3.57. The molecule has 0 spiro atoms. The van der Waals surface area contributed by atoms with Crippen LogP contribution < -0.4 is 0 Å². The van der Waals surface area contributed by atoms with Crippen LogP contribution in [0.4, 0.5) is 0 Å². The highest BCUT2D eigenvalue weighted by Crippen LogP contribution is 2.32. The number of carbonyl (C=O) groups excluding carboxylic acids is 4. The summed E-state index contributed by atoms with van der Waals surface area (Å²) in [7, 11) is 0. The van der Waals surface area contributed by atoms with E-state index in [4.69, 9.17) is 4.74 Å². The third kappa shape index (κ3) is 4.10. The largest absolute Gasteiger partial charge is 0.379 e. The lowest BCUT2D eigenvalue weighted by Gasteiger charge is -2.31. The number of benzene rings is 4. The van der Waals surface area contributed by atoms with E-state index in [0.717, 1.165) is 23.4 Å². The van der Waals surface area contributed by atoms with E-state index in [9.17, 15) is 19.2 Å². The molecular weight excluding hydrogens is 518 g/mol. The Morgan fingerprint density at radius 1 is 0.634 bits per heavy atom. The van der Waals surface area contributed by atoms with Crippen LogP contribution in [0, 0.1) is 11.8 Å². The van der Waals surface area contributed by atoms with Gasteiger partial charge in [-0.05, 0) is 41.1 Å². The zero-order valence-electron chi connectivity index (χ0n) is 22.2. The zero-order chi connectivity index (χ0) is 28.1. The molecule has 0 bridgehead atoms. The van der Waals surface area contributed by atoms with E-state index in [1.807, 2.05) is 18.2 Å². The van der Waals surface area contributed by atoms with Crippen molar-refractivity contribution in [3.8, 4) is 11.8 Å². The minimum Gasteiger partial charge on any atom is -0.379 e. The van der Waals surface area contributed by atoms with Crippen LogP contribution in [0.3, 0.4) is 0 Å². The second kappa shape index (κ2) is 9.97. The molecule has 0 atom stereocenters. The van der Waals surface area contributed by atoms with Gasteiger partial charge >= 0.3 is 0 Å². The molecule has 202 valence electrons. The first-order valence-electron chi connectivity index (χ1n) is 13.6. The van der Waals surface area contributed by atoms with Crippen molar-refractivity contribution in [1.82, 2.24) is 14.7 Å². The molecule has 1 saturated heterocycles. The monoisotopic (exact) mass is 543 g/mol. The van der Waals surface area contributed by atoms with Crippen LogP contribution in [0.2, 0.25) is 0 Å². The molecule has 0 aromatic heterocycles. The fourth-order valence-electron chi connectivity index (χ4n) is 5.96. The van der Waals surface area contributed by atoms with Gasteiger partial charge in [0.15, 0.2) is 0 Å². The lowest BCUT2D eigenvalue weighted by molar-refractivity contribution is 0.0316. The van der Waals surface area contributed by atoms with Crippen LogP contribution in [0.25, 0.3) is 21.5 Å². The van der Waals surface area contributed by atoms with Crippen molar-refractivity contribution in [2.75, 3.05) is 45.9 Å². The molecule has 0 aliphatic carbocycles. The van der Waals surface area contributed by atoms with E-state index in [-0.39, 0.29) is 30.2 Å². The first-order valence-corrected chi connectivity index (χ1v) is 13.6. The van der Waals surface area contributed by atoms with Crippen molar-refractivity contribution < 1.29 is 23.9 Å². The van der Waals surface area contributed by atoms with Gasteiger partial charge in [0, 0.05) is 64.8 Å². The van der Waals surface area contributed by atoms with Crippen molar-refractivity contribution in [2.24, 2.45) is 0 Å². The molecule has 4 aromatic carbocycles. The molecule has 4 amide bonds. The fraction of sp³-hybridized carbons (Fsp3) is 0.212. The van der Waals surface area contributed by atoms with Crippen molar-refractivity contribution in [3.63, 3.8) is 0 Å². The summed E-state index contributed by atoms with van der Waals surface area (Å²) in [6.07, 6.45) is 0. The van der Waals surface area contributed by atoms with E-state index in [0.29, 0.717) is 70.3 Å². The lowest BCUT2D eigenvalue weighted by Crippen LogP contribution is -2.46. The molecule has 8 heteroatoms. The number of morpholine rings is 1. The Morgan fingerprint density at radius 2 is 1.22 bits per heavy atom. The predicted molar refractivity (Wildman–Crippen MR) is 153 cm³/mol. The van der Waals surface area contributed by atoms with Gasteiger partial charge in [0.2, 0.25) is 0 Å². The van der Waals surface area contributed by atoms with Crippen LogP contribution in [0.1, 0.15) is 47.0 Å². The molecule has 3 heterocycles. The molecule has 3 aliphatic rings. The van der Waals surface area contributed by atoms with Gasteiger partial charge in [-0.1, -0.05) is 48.2 Å². The van der Waals surface area contributed by atoms with E-state index >= 15 is 0 Å². The minimum atomic E-state index is -0.376. The summed E-state index contributed by atoms with van der Waals surface area (Å²) in [5.41, 5.74) is 2.52. The van der Waals surface area contributed by atoms with Crippen molar-refractivity contribution in [1.29, 1.82) is 0 Å². The fourth-order valence-corrected chi connectivity index (χ4v) is 5.96. The van der Waals surface area contributed by atoms with Gasteiger partial charge in [-0.2, -0.15) is 0 Å². The number of hydrogen-bond acceptors (Lipinski definition) is 6. The van der Waals surface area contributed by atoms with Crippen molar-refractivity contribution in [2.45, 2.75) is 0 Å². The first-order chi connectivity index (χ1) is 20.0. The maximum atomic E-state index is 13.4. The smallest absolute Gasteiger partial charge is 0.262 e. The summed E-state index contributed by atoms with van der Waals surface area (Å²) < 4.78 is 5.39. The third-order valence-corrected chi connectivity index (χ3v) is 8.05. The molecule has 0 unspecified atom stereocenters. The van der Waals surface area contributed by atoms with Gasteiger partial charge in [-0.25, -0.2) is 0 Å². The number of amides is 4. The minimum absolute atomic E-state index is 0.0848. The van der Waals surface area contributed by atoms with Gasteiger partial charge < -0.3 is 4.74 Å². The van der Waals surface area contributed by atoms with Gasteiger partial charge in [0.25, 0.3) is 23.6 Å². The maximum absolute atomic E-state index is 13.4. The summed E-state index contributed by atoms with van der Waals surface area (Å²) >= 11 is 0. The standard InChI is InChI=1S/C33H25N3O5/c37-30-24-9-1-5-22-6-2-10-25(28(22)24)31(38)35(30)14-4-7-21-12-13-27-29-23(21)8-3-11-26(29)32(39)36(33(27)40)16-15-34-17-19-41-20-18-34/h1-3,5-6,8-13H,14-20H2. The Hall–Kier alpha value is -4.84. The van der Waals surface area contributed by atoms with Crippen LogP contribution >= 0.6 is 0 Å². The highest BCUT2D eigenvalue weighted by Gasteiger charge is 2.34. The van der Waals surface area contributed by atoms with E-state index in [1.54, 1.807) is 48.5 Å². The topological polar surface area (TPSA) is 87.2 Å². The van der Waals surface area contributed by atoms with Crippen molar-refractivity contribution in [3.05, 3.63) is 94.5 Å². The molecule has 3 aliphatic heterocycles. The molecular formula is C33H25N3O5. The molecule has 0 radical (unpaired) electrons. The summed E-state index contributed by atoms with van der Waals surface area (Å²) in [6.45, 7) is 3.68. The molecule has 0 N–H and O–H groups in total. The first kappa shape index (κ1) is 25.1. The number of carbonyl (C=O) groups is 4. The lowest BCUT2D eigenvalue weighted by atomic mass is 9.91. The van der Waals surface area contributed by atoms with Crippen LogP contribution in [-0.2, 0) is 4.74 Å². The normalized spacial score (nSPS) is 16.9. The SMILES string of the molecule is O=C1c2cccc3cccc(c23)C(=O)N1CC#Cc1ccc2c3c(cccc13)C(=O)N(CCN1CCOCC1)C2=O. The number of ether oxygens (including phenoxy) is 1. The van der Waals surface area contributed by atoms with Gasteiger partial charge in [-0.15, -0.1) is 0 Å². The number of hydrogen-bond donors (Lipinski definition) is 0. The number of nitrogens with zero attached hydrogens (tertiary/aromatic N) is 3. The average Bonchev–Trinajstić information content (AvgIpc) is 3.01. The van der Waals surface area contributed by atoms with Gasteiger partial charge in [0.05, 0.1) is 19.8 Å². The third-order valence-electron chi connectivity index (χ3n) is 8.05. The van der Waals surface area contributed by atoms with Crippen molar-refractivity contribution >= 4 is 45.2 Å². The van der Waals surface area contributed by atoms with Crippen LogP contribution in [-0.4, -0.2) is 84.3 Å². The summed E-state index contributed by atoms with van der Waals surface area (Å²) in [5, 5.41) is 2.79. The average molecular weight is 544 g/mol. The Kier molecular flexibility index (Phi) is 6.11. The molecule has 4 aromatic rings. The Bertz CT molecular complexity index is 1790. The highest BCUT2D eigenvalue weighted by molar-refractivity contribution is 6.26. The second-order valence-corrected chi connectivity index (χ2v) is 10.3. The molecule has 41 heavy (non-hydrogen) atoms. The molecule has 0 saturated carbocycles. The van der Waals surface area contributed by atoms with Gasteiger partial charge in [-0.3, -0.25) is 33.9 Å². The molecule has 7 rings (SSSR count). The van der Waals surface area contributed by atoms with E-state index in [1.165, 1.54) is 4.90 Å². The van der Waals surface area contributed by atoms with E-state index < -0.39 is 0 Å². The Morgan fingerprint density at radius 3 is 1.90 bits per heavy atom. The second-order valence-electron chi connectivity index (χ2n) is 10.3. The quantitative estimate of drug-likeness (QED) is 0.289. The zero-order valence-corrected chi connectivity index (χ0v) is 22.2. The summed E-state index contributed by atoms with van der Waals surface area (Å²) in [6, 6.07) is 19.7. The van der Waals surface area contributed by atoms with Crippen LogP contribution in [0.15, 0.2) is 66.7 Å². The van der Waals surface area contributed by atoms with Crippen LogP contribution in [0.5, 0.6) is 0 Å². The number of rotatable bonds is 4.